The third-order valence-corrected chi connectivity index (χ3v) is 4.92. The van der Waals surface area contributed by atoms with Gasteiger partial charge in [0.05, 0.1) is 7.11 Å². The monoisotopic (exact) mass is 326 g/mol. The highest BCUT2D eigenvalue weighted by atomic mass is 16.5. The van der Waals surface area contributed by atoms with Crippen molar-refractivity contribution in [3.8, 4) is 5.75 Å². The van der Waals surface area contributed by atoms with Crippen LogP contribution in [0.4, 0.5) is 0 Å². The molecule has 3 rings (SSSR count). The molecule has 2 aromatic rings. The second kappa shape index (κ2) is 7.67. The van der Waals surface area contributed by atoms with Crippen LogP contribution < -0.4 is 10.1 Å². The molecule has 0 saturated carbocycles. The van der Waals surface area contributed by atoms with E-state index in [0.29, 0.717) is 5.92 Å². The molecule has 1 saturated heterocycles. The fourth-order valence-corrected chi connectivity index (χ4v) is 3.49. The summed E-state index contributed by atoms with van der Waals surface area (Å²) in [6, 6.07) is 11.8. The Bertz CT molecular complexity index is 706. The SMILES string of the molecule is CCNCC1CCN(C(=O)c2ccc(OC)c3ccccc23)CC1. The number of hydrogen-bond acceptors (Lipinski definition) is 3. The van der Waals surface area contributed by atoms with Gasteiger partial charge in [0.2, 0.25) is 0 Å². The zero-order chi connectivity index (χ0) is 16.9. The lowest BCUT2D eigenvalue weighted by Crippen LogP contribution is -2.40. The van der Waals surface area contributed by atoms with E-state index < -0.39 is 0 Å². The molecule has 1 aliphatic rings. The average molecular weight is 326 g/mol. The van der Waals surface area contributed by atoms with E-state index in [-0.39, 0.29) is 5.91 Å². The number of fused-ring (bicyclic) bond motifs is 1. The second-order valence-corrected chi connectivity index (χ2v) is 6.40. The average Bonchev–Trinajstić information content (AvgIpc) is 2.65. The largest absolute Gasteiger partial charge is 0.496 e. The van der Waals surface area contributed by atoms with Gasteiger partial charge in [0.15, 0.2) is 0 Å². The fraction of sp³-hybridized carbons (Fsp3) is 0.450. The highest BCUT2D eigenvalue weighted by Gasteiger charge is 2.24. The Morgan fingerprint density at radius 3 is 2.54 bits per heavy atom. The normalized spacial score (nSPS) is 15.7. The number of carbonyl (C=O) groups excluding carboxylic acids is 1. The minimum atomic E-state index is 0.135. The van der Waals surface area contributed by atoms with E-state index in [4.69, 9.17) is 4.74 Å². The van der Waals surface area contributed by atoms with Gasteiger partial charge in [0.25, 0.3) is 5.91 Å². The van der Waals surface area contributed by atoms with E-state index in [1.165, 1.54) is 0 Å². The first-order chi connectivity index (χ1) is 11.7. The molecule has 4 heteroatoms. The summed E-state index contributed by atoms with van der Waals surface area (Å²) in [4.78, 5) is 15.0. The summed E-state index contributed by atoms with van der Waals surface area (Å²) in [6.07, 6.45) is 2.15. The molecule has 0 radical (unpaired) electrons. The van der Waals surface area contributed by atoms with E-state index in [9.17, 15) is 4.79 Å². The number of piperidine rings is 1. The molecule has 1 aliphatic heterocycles. The lowest BCUT2D eigenvalue weighted by molar-refractivity contribution is 0.0692. The van der Waals surface area contributed by atoms with Gasteiger partial charge in [0, 0.05) is 24.0 Å². The molecule has 1 heterocycles. The van der Waals surface area contributed by atoms with Gasteiger partial charge in [-0.15, -0.1) is 0 Å². The third kappa shape index (κ3) is 3.39. The fourth-order valence-electron chi connectivity index (χ4n) is 3.49. The maximum atomic E-state index is 13.0. The summed E-state index contributed by atoms with van der Waals surface area (Å²) in [5.74, 6) is 1.63. The molecule has 0 spiro atoms. The Hall–Kier alpha value is -2.07. The van der Waals surface area contributed by atoms with Crippen molar-refractivity contribution >= 4 is 16.7 Å². The van der Waals surface area contributed by atoms with Crippen LogP contribution >= 0.6 is 0 Å². The maximum absolute atomic E-state index is 13.0. The van der Waals surface area contributed by atoms with Crippen LogP contribution in [-0.2, 0) is 0 Å². The van der Waals surface area contributed by atoms with Gasteiger partial charge >= 0.3 is 0 Å². The number of ether oxygens (including phenoxy) is 1. The Morgan fingerprint density at radius 2 is 1.88 bits per heavy atom. The molecule has 24 heavy (non-hydrogen) atoms. The first kappa shape index (κ1) is 16.8. The van der Waals surface area contributed by atoms with Crippen molar-refractivity contribution in [2.75, 3.05) is 33.3 Å². The van der Waals surface area contributed by atoms with Crippen molar-refractivity contribution < 1.29 is 9.53 Å². The predicted octanol–water partition coefficient (Wildman–Crippen LogP) is 3.31. The minimum absolute atomic E-state index is 0.135. The summed E-state index contributed by atoms with van der Waals surface area (Å²) < 4.78 is 5.43. The number of carbonyl (C=O) groups is 1. The van der Waals surface area contributed by atoms with E-state index in [1.54, 1.807) is 7.11 Å². The Balaban J connectivity index is 1.78. The molecular formula is C20H26N2O2. The lowest BCUT2D eigenvalue weighted by atomic mass is 9.95. The number of benzene rings is 2. The van der Waals surface area contributed by atoms with Crippen molar-refractivity contribution in [1.29, 1.82) is 0 Å². The van der Waals surface area contributed by atoms with E-state index in [1.807, 2.05) is 41.3 Å². The highest BCUT2D eigenvalue weighted by molar-refractivity contribution is 6.08. The van der Waals surface area contributed by atoms with Crippen LogP contribution in [-0.4, -0.2) is 44.1 Å². The van der Waals surface area contributed by atoms with Crippen LogP contribution in [0.3, 0.4) is 0 Å². The molecule has 0 aromatic heterocycles. The zero-order valence-electron chi connectivity index (χ0n) is 14.5. The molecule has 0 aliphatic carbocycles. The molecular weight excluding hydrogens is 300 g/mol. The first-order valence-corrected chi connectivity index (χ1v) is 8.80. The molecule has 1 N–H and O–H groups in total. The van der Waals surface area contributed by atoms with Gasteiger partial charge in [-0.1, -0.05) is 31.2 Å². The third-order valence-electron chi connectivity index (χ3n) is 4.92. The standard InChI is InChI=1S/C20H26N2O2/c1-3-21-14-15-10-12-22(13-11-15)20(23)18-8-9-19(24-2)17-7-5-4-6-16(17)18/h4-9,15,21H,3,10-14H2,1-2H3. The molecule has 128 valence electrons. The van der Waals surface area contributed by atoms with Crippen LogP contribution in [0.15, 0.2) is 36.4 Å². The summed E-state index contributed by atoms with van der Waals surface area (Å²) >= 11 is 0. The summed E-state index contributed by atoms with van der Waals surface area (Å²) in [7, 11) is 1.67. The van der Waals surface area contributed by atoms with Crippen LogP contribution in [0.25, 0.3) is 10.8 Å². The van der Waals surface area contributed by atoms with Crippen LogP contribution in [0, 0.1) is 5.92 Å². The minimum Gasteiger partial charge on any atom is -0.496 e. The van der Waals surface area contributed by atoms with Crippen LogP contribution in [0.1, 0.15) is 30.1 Å². The number of nitrogens with one attached hydrogen (secondary N) is 1. The van der Waals surface area contributed by atoms with Crippen molar-refractivity contribution in [3.05, 3.63) is 42.0 Å². The van der Waals surface area contributed by atoms with Gasteiger partial charge in [-0.25, -0.2) is 0 Å². The van der Waals surface area contributed by atoms with Crippen LogP contribution in [0.2, 0.25) is 0 Å². The number of likely N-dealkylation sites (tertiary alicyclic amines) is 1. The number of amides is 1. The van der Waals surface area contributed by atoms with Crippen molar-refractivity contribution in [2.45, 2.75) is 19.8 Å². The number of nitrogens with zero attached hydrogens (tertiary/aromatic N) is 1. The summed E-state index contributed by atoms with van der Waals surface area (Å²) in [5.41, 5.74) is 0.775. The zero-order valence-corrected chi connectivity index (χ0v) is 14.5. The van der Waals surface area contributed by atoms with E-state index in [0.717, 1.165) is 61.1 Å². The Morgan fingerprint density at radius 1 is 1.17 bits per heavy atom. The molecule has 0 unspecified atom stereocenters. The Labute approximate surface area is 143 Å². The number of hydrogen-bond donors (Lipinski definition) is 1. The molecule has 1 fully saturated rings. The van der Waals surface area contributed by atoms with Crippen LogP contribution in [0.5, 0.6) is 5.75 Å². The topological polar surface area (TPSA) is 41.6 Å². The number of methoxy groups -OCH3 is 1. The molecule has 2 aromatic carbocycles. The van der Waals surface area contributed by atoms with Crippen molar-refractivity contribution in [1.82, 2.24) is 10.2 Å². The van der Waals surface area contributed by atoms with E-state index >= 15 is 0 Å². The number of rotatable bonds is 5. The summed E-state index contributed by atoms with van der Waals surface area (Å²) in [5, 5.41) is 5.38. The first-order valence-electron chi connectivity index (χ1n) is 8.80. The molecule has 0 bridgehead atoms. The predicted molar refractivity (Wildman–Crippen MR) is 97.7 cm³/mol. The highest BCUT2D eigenvalue weighted by Crippen LogP contribution is 2.29. The smallest absolute Gasteiger partial charge is 0.254 e. The van der Waals surface area contributed by atoms with Gasteiger partial charge < -0.3 is 15.0 Å². The van der Waals surface area contributed by atoms with Gasteiger partial charge in [-0.2, -0.15) is 0 Å². The molecule has 1 amide bonds. The van der Waals surface area contributed by atoms with E-state index in [2.05, 4.69) is 12.2 Å². The Kier molecular flexibility index (Phi) is 5.36. The lowest BCUT2D eigenvalue weighted by Gasteiger charge is -2.32. The van der Waals surface area contributed by atoms with Gasteiger partial charge in [-0.05, 0) is 49.4 Å². The second-order valence-electron chi connectivity index (χ2n) is 6.40. The molecule has 0 atom stereocenters. The maximum Gasteiger partial charge on any atom is 0.254 e. The van der Waals surface area contributed by atoms with Gasteiger partial charge in [-0.3, -0.25) is 4.79 Å². The molecule has 4 nitrogen and oxygen atoms in total. The quantitative estimate of drug-likeness (QED) is 0.916. The van der Waals surface area contributed by atoms with Crippen molar-refractivity contribution in [2.24, 2.45) is 5.92 Å². The van der Waals surface area contributed by atoms with Crippen molar-refractivity contribution in [3.63, 3.8) is 0 Å². The van der Waals surface area contributed by atoms with Gasteiger partial charge in [0.1, 0.15) is 5.75 Å². The summed E-state index contributed by atoms with van der Waals surface area (Å²) in [6.45, 7) is 5.89.